The van der Waals surface area contributed by atoms with Gasteiger partial charge in [-0.15, -0.1) is 0 Å². The first-order valence-electron chi connectivity index (χ1n) is 8.52. The minimum Gasteiger partial charge on any atom is -0.398 e. The second kappa shape index (κ2) is 7.16. The molecule has 0 aromatic rings. The van der Waals surface area contributed by atoms with Crippen molar-refractivity contribution in [2.75, 3.05) is 20.6 Å². The van der Waals surface area contributed by atoms with E-state index in [-0.39, 0.29) is 12.5 Å². The van der Waals surface area contributed by atoms with E-state index < -0.39 is 5.66 Å². The average molecular weight is 341 g/mol. The lowest BCUT2D eigenvalue weighted by atomic mass is 9.94. The number of rotatable bonds is 5. The summed E-state index contributed by atoms with van der Waals surface area (Å²) in [5, 5.41) is 13.2. The van der Waals surface area contributed by atoms with Crippen LogP contribution in [0.1, 0.15) is 33.1 Å². The van der Waals surface area contributed by atoms with Crippen molar-refractivity contribution in [2.24, 2.45) is 5.73 Å². The predicted octanol–water partition coefficient (Wildman–Crippen LogP) is 2.26. The molecule has 1 unspecified atom stereocenters. The Bertz CT molecular complexity index is 712. The molecule has 0 bridgehead atoms. The van der Waals surface area contributed by atoms with Gasteiger partial charge in [-0.25, -0.2) is 0 Å². The molecule has 1 fully saturated rings. The van der Waals surface area contributed by atoms with Crippen LogP contribution in [0.2, 0.25) is 0 Å². The molecule has 6 nitrogen and oxygen atoms in total. The number of nitrogens with two attached hydrogens (primary N) is 1. The van der Waals surface area contributed by atoms with Gasteiger partial charge in [0.25, 0.3) is 5.91 Å². The van der Waals surface area contributed by atoms with E-state index >= 15 is 0 Å². The van der Waals surface area contributed by atoms with Crippen molar-refractivity contribution in [1.82, 2.24) is 14.9 Å². The zero-order valence-corrected chi connectivity index (χ0v) is 15.5. The minimum atomic E-state index is -0.643. The van der Waals surface area contributed by atoms with Crippen LogP contribution in [0, 0.1) is 11.3 Å². The van der Waals surface area contributed by atoms with Crippen molar-refractivity contribution < 1.29 is 4.79 Å². The van der Waals surface area contributed by atoms with E-state index in [2.05, 4.69) is 25.6 Å². The molecule has 6 heteroatoms. The van der Waals surface area contributed by atoms with E-state index in [1.165, 1.54) is 0 Å². The standard InChI is InChI=1S/C19H27N5O/c1-6-9-17-19(3,23(5)22(17)4)24(13-14(2)12-20)18(25)15-10-7-8-11-16(15)21/h8-9,11H,2,6-7,10,13,21H2,1,3-5H3/b17-9+. The third kappa shape index (κ3) is 3.08. The summed E-state index contributed by atoms with van der Waals surface area (Å²) >= 11 is 0. The van der Waals surface area contributed by atoms with Gasteiger partial charge in [-0.05, 0) is 32.3 Å². The number of hydrogen-bond acceptors (Lipinski definition) is 5. The molecule has 1 aliphatic carbocycles. The largest absolute Gasteiger partial charge is 0.398 e. The molecule has 2 aliphatic rings. The highest BCUT2D eigenvalue weighted by Gasteiger charge is 2.54. The van der Waals surface area contributed by atoms with Crippen LogP contribution >= 0.6 is 0 Å². The zero-order valence-electron chi connectivity index (χ0n) is 15.5. The summed E-state index contributed by atoms with van der Waals surface area (Å²) < 4.78 is 0. The Morgan fingerprint density at radius 1 is 1.56 bits per heavy atom. The molecule has 0 saturated carbocycles. The predicted molar refractivity (Wildman–Crippen MR) is 98.4 cm³/mol. The molecule has 134 valence electrons. The lowest BCUT2D eigenvalue weighted by molar-refractivity contribution is -0.202. The zero-order chi connectivity index (χ0) is 18.8. The summed E-state index contributed by atoms with van der Waals surface area (Å²) in [5.74, 6) is -0.136. The SMILES string of the molecule is C=C(C#N)CN(C(=O)C1=C(N)C=CCC1)C1(C)/C(=C\CC)N(C)N1C. The van der Waals surface area contributed by atoms with Gasteiger partial charge in [0, 0.05) is 30.9 Å². The maximum Gasteiger partial charge on any atom is 0.254 e. The molecule has 1 amide bonds. The molecule has 25 heavy (non-hydrogen) atoms. The number of carbonyl (C=O) groups is 1. The first kappa shape index (κ1) is 18.8. The van der Waals surface area contributed by atoms with Crippen LogP contribution in [0.5, 0.6) is 0 Å². The molecule has 1 heterocycles. The van der Waals surface area contributed by atoms with Gasteiger partial charge in [-0.2, -0.15) is 10.3 Å². The highest BCUT2D eigenvalue weighted by molar-refractivity contribution is 5.96. The Morgan fingerprint density at radius 3 is 2.80 bits per heavy atom. The number of carbonyl (C=O) groups excluding carboxylic acids is 1. The molecule has 1 atom stereocenters. The van der Waals surface area contributed by atoms with E-state index in [1.54, 1.807) is 11.0 Å². The first-order valence-corrected chi connectivity index (χ1v) is 8.52. The van der Waals surface area contributed by atoms with Crippen LogP contribution in [-0.4, -0.2) is 47.1 Å². The Hall–Kier alpha value is -2.52. The van der Waals surface area contributed by atoms with E-state index in [4.69, 9.17) is 5.73 Å². The highest BCUT2D eigenvalue weighted by atomic mass is 16.2. The van der Waals surface area contributed by atoms with Crippen LogP contribution in [0.3, 0.4) is 0 Å². The summed E-state index contributed by atoms with van der Waals surface area (Å²) in [6, 6.07) is 2.06. The number of hydrazine groups is 1. The van der Waals surface area contributed by atoms with E-state index in [9.17, 15) is 10.1 Å². The lowest BCUT2D eigenvalue weighted by Crippen LogP contribution is -2.75. The van der Waals surface area contributed by atoms with E-state index in [0.717, 1.165) is 18.5 Å². The van der Waals surface area contributed by atoms with Gasteiger partial charge >= 0.3 is 0 Å². The Labute approximate surface area is 150 Å². The highest BCUT2D eigenvalue weighted by Crippen LogP contribution is 2.42. The van der Waals surface area contributed by atoms with Gasteiger partial charge in [-0.1, -0.05) is 25.7 Å². The van der Waals surface area contributed by atoms with Gasteiger partial charge in [-0.3, -0.25) is 4.79 Å². The second-order valence-corrected chi connectivity index (χ2v) is 6.55. The van der Waals surface area contributed by atoms with Gasteiger partial charge in [0.15, 0.2) is 5.66 Å². The van der Waals surface area contributed by atoms with Gasteiger partial charge < -0.3 is 15.6 Å². The number of likely N-dealkylation sites (N-methyl/N-ethyl adjacent to an activating group) is 2. The number of allylic oxidation sites excluding steroid dienone is 3. The number of nitrogens with zero attached hydrogens (tertiary/aromatic N) is 4. The Morgan fingerprint density at radius 2 is 2.24 bits per heavy atom. The minimum absolute atomic E-state index is 0.136. The molecule has 1 aliphatic heterocycles. The fourth-order valence-electron chi connectivity index (χ4n) is 3.44. The smallest absolute Gasteiger partial charge is 0.254 e. The molecule has 2 rings (SSSR count). The molecule has 0 aromatic heterocycles. The van der Waals surface area contributed by atoms with E-state index in [1.807, 2.05) is 37.1 Å². The van der Waals surface area contributed by atoms with Crippen molar-refractivity contribution >= 4 is 5.91 Å². The van der Waals surface area contributed by atoms with Gasteiger partial charge in [0.05, 0.1) is 18.3 Å². The van der Waals surface area contributed by atoms with Crippen LogP contribution in [-0.2, 0) is 4.79 Å². The maximum absolute atomic E-state index is 13.3. The molecular formula is C19H27N5O. The topological polar surface area (TPSA) is 76.6 Å². The van der Waals surface area contributed by atoms with Crippen molar-refractivity contribution in [3.05, 3.63) is 47.3 Å². The summed E-state index contributed by atoms with van der Waals surface area (Å²) in [6.45, 7) is 8.01. The Balaban J connectivity index is 2.48. The number of nitriles is 1. The van der Waals surface area contributed by atoms with Crippen molar-refractivity contribution in [2.45, 2.75) is 38.8 Å². The van der Waals surface area contributed by atoms with Gasteiger partial charge in [0.2, 0.25) is 0 Å². The number of hydrogen-bond donors (Lipinski definition) is 1. The lowest BCUT2D eigenvalue weighted by Gasteiger charge is -2.62. The molecule has 0 spiro atoms. The monoisotopic (exact) mass is 341 g/mol. The summed E-state index contributed by atoms with van der Waals surface area (Å²) in [5.41, 5.74) is 7.90. The molecule has 0 aromatic carbocycles. The van der Waals surface area contributed by atoms with Crippen LogP contribution in [0.15, 0.2) is 47.3 Å². The third-order valence-electron chi connectivity index (χ3n) is 5.05. The molecule has 1 saturated heterocycles. The first-order chi connectivity index (χ1) is 11.8. The quantitative estimate of drug-likeness (QED) is 0.776. The maximum atomic E-state index is 13.3. The third-order valence-corrected chi connectivity index (χ3v) is 5.05. The second-order valence-electron chi connectivity index (χ2n) is 6.55. The van der Waals surface area contributed by atoms with Crippen molar-refractivity contribution in [3.8, 4) is 6.07 Å². The van der Waals surface area contributed by atoms with Crippen LogP contribution in [0.4, 0.5) is 0 Å². The summed E-state index contributed by atoms with van der Waals surface area (Å²) in [6.07, 6.45) is 8.12. The molecule has 0 radical (unpaired) electrons. The molecule has 2 N–H and O–H groups in total. The fourth-order valence-corrected chi connectivity index (χ4v) is 3.44. The fraction of sp³-hybridized carbons (Fsp3) is 0.474. The van der Waals surface area contributed by atoms with Crippen molar-refractivity contribution in [1.29, 1.82) is 5.26 Å². The normalized spacial score (nSPS) is 24.9. The van der Waals surface area contributed by atoms with Gasteiger partial charge in [0.1, 0.15) is 0 Å². The van der Waals surface area contributed by atoms with Crippen LogP contribution in [0.25, 0.3) is 0 Å². The van der Waals surface area contributed by atoms with E-state index in [0.29, 0.717) is 23.3 Å². The van der Waals surface area contributed by atoms with Crippen molar-refractivity contribution in [3.63, 3.8) is 0 Å². The Kier molecular flexibility index (Phi) is 5.39. The number of amides is 1. The average Bonchev–Trinajstić information content (AvgIpc) is 2.62. The molecular weight excluding hydrogens is 314 g/mol. The summed E-state index contributed by atoms with van der Waals surface area (Å²) in [7, 11) is 3.89. The summed E-state index contributed by atoms with van der Waals surface area (Å²) in [4.78, 5) is 15.0. The van der Waals surface area contributed by atoms with Crippen LogP contribution < -0.4 is 5.73 Å².